The molecule has 0 heterocycles. The van der Waals surface area contributed by atoms with Gasteiger partial charge in [-0.3, -0.25) is 4.79 Å². The van der Waals surface area contributed by atoms with Crippen LogP contribution in [0.15, 0.2) is 36.4 Å². The van der Waals surface area contributed by atoms with Crippen LogP contribution < -0.4 is 15.4 Å². The Bertz CT molecular complexity index is 690. The summed E-state index contributed by atoms with van der Waals surface area (Å²) in [6, 6.07) is 8.50. The Morgan fingerprint density at radius 2 is 1.91 bits per heavy atom. The van der Waals surface area contributed by atoms with Gasteiger partial charge in [0.05, 0.1) is 12.1 Å². The van der Waals surface area contributed by atoms with Crippen molar-refractivity contribution in [3.05, 3.63) is 53.1 Å². The maximum Gasteiger partial charge on any atom is 0.226 e. The molecule has 0 aromatic heterocycles. The number of amides is 1. The minimum absolute atomic E-state index is 0.0391. The summed E-state index contributed by atoms with van der Waals surface area (Å²) in [5, 5.41) is 5.65. The highest BCUT2D eigenvalue weighted by Gasteiger charge is 2.11. The molecule has 0 aliphatic carbocycles. The van der Waals surface area contributed by atoms with Crippen LogP contribution in [-0.4, -0.2) is 19.6 Å². The van der Waals surface area contributed by atoms with Crippen LogP contribution in [0, 0.1) is 11.6 Å². The third-order valence-electron chi connectivity index (χ3n) is 3.06. The summed E-state index contributed by atoms with van der Waals surface area (Å²) >= 11 is 5.99. The zero-order valence-corrected chi connectivity index (χ0v) is 13.1. The highest BCUT2D eigenvalue weighted by Crippen LogP contribution is 2.27. The van der Waals surface area contributed by atoms with E-state index in [1.54, 1.807) is 18.2 Å². The lowest BCUT2D eigenvalue weighted by molar-refractivity contribution is -0.116. The normalized spacial score (nSPS) is 10.3. The quantitative estimate of drug-likeness (QED) is 0.833. The lowest BCUT2D eigenvalue weighted by Crippen LogP contribution is -2.17. The fraction of sp³-hybridized carbons (Fsp3) is 0.188. The average molecular weight is 341 g/mol. The lowest BCUT2D eigenvalue weighted by Gasteiger charge is -2.10. The lowest BCUT2D eigenvalue weighted by atomic mass is 10.2. The Morgan fingerprint density at radius 3 is 2.52 bits per heavy atom. The van der Waals surface area contributed by atoms with Crippen LogP contribution in [0.4, 0.5) is 20.2 Å². The molecule has 4 nitrogen and oxygen atoms in total. The predicted octanol–water partition coefficient (Wildman–Crippen LogP) is 4.07. The van der Waals surface area contributed by atoms with Crippen LogP contribution in [0.1, 0.15) is 6.42 Å². The largest absolute Gasteiger partial charge is 0.495 e. The number of benzene rings is 2. The van der Waals surface area contributed by atoms with Crippen LogP contribution in [-0.2, 0) is 4.79 Å². The van der Waals surface area contributed by atoms with Gasteiger partial charge in [-0.05, 0) is 30.3 Å². The minimum Gasteiger partial charge on any atom is -0.495 e. The molecule has 1 amide bonds. The monoisotopic (exact) mass is 340 g/mol. The van der Waals surface area contributed by atoms with Crippen LogP contribution in [0.5, 0.6) is 5.75 Å². The van der Waals surface area contributed by atoms with Gasteiger partial charge < -0.3 is 15.4 Å². The molecule has 2 N–H and O–H groups in total. The Balaban J connectivity index is 1.86. The highest BCUT2D eigenvalue weighted by atomic mass is 35.5. The van der Waals surface area contributed by atoms with Crippen LogP contribution in [0.2, 0.25) is 5.02 Å². The van der Waals surface area contributed by atoms with E-state index in [1.165, 1.54) is 13.2 Å². The molecule has 2 aromatic rings. The van der Waals surface area contributed by atoms with Crippen LogP contribution in [0.3, 0.4) is 0 Å². The van der Waals surface area contributed by atoms with E-state index < -0.39 is 23.2 Å². The van der Waals surface area contributed by atoms with Gasteiger partial charge in [0.1, 0.15) is 23.1 Å². The SMILES string of the molecule is COc1ccc(NCCC(=O)Nc2c(F)cccc2F)cc1Cl. The van der Waals surface area contributed by atoms with Gasteiger partial charge in [-0.1, -0.05) is 17.7 Å². The molecule has 0 bridgehead atoms. The van der Waals surface area contributed by atoms with E-state index in [0.29, 0.717) is 16.5 Å². The van der Waals surface area contributed by atoms with Crippen molar-refractivity contribution in [2.24, 2.45) is 0 Å². The molecule has 23 heavy (non-hydrogen) atoms. The van der Waals surface area contributed by atoms with E-state index in [1.807, 2.05) is 0 Å². The van der Waals surface area contributed by atoms with Gasteiger partial charge in [0.25, 0.3) is 0 Å². The summed E-state index contributed by atoms with van der Waals surface area (Å²) in [5.74, 6) is -1.58. The Morgan fingerprint density at radius 1 is 1.22 bits per heavy atom. The van der Waals surface area contributed by atoms with Crippen molar-refractivity contribution in [1.82, 2.24) is 0 Å². The number of anilines is 2. The molecule has 0 fully saturated rings. The number of rotatable bonds is 6. The first-order valence-corrected chi connectivity index (χ1v) is 7.20. The fourth-order valence-corrected chi connectivity index (χ4v) is 2.17. The number of carbonyl (C=O) groups is 1. The number of para-hydroxylation sites is 1. The Hall–Kier alpha value is -2.34. The maximum atomic E-state index is 13.4. The fourth-order valence-electron chi connectivity index (χ4n) is 1.92. The summed E-state index contributed by atoms with van der Waals surface area (Å²) in [7, 11) is 1.51. The molecule has 0 aliphatic rings. The van der Waals surface area contributed by atoms with Crippen molar-refractivity contribution in [3.63, 3.8) is 0 Å². The third-order valence-corrected chi connectivity index (χ3v) is 3.36. The smallest absolute Gasteiger partial charge is 0.226 e. The van der Waals surface area contributed by atoms with E-state index >= 15 is 0 Å². The Kier molecular flexibility index (Phi) is 5.76. The summed E-state index contributed by atoms with van der Waals surface area (Å²) in [6.45, 7) is 0.282. The van der Waals surface area contributed by atoms with Gasteiger partial charge >= 0.3 is 0 Å². The molecule has 7 heteroatoms. The van der Waals surface area contributed by atoms with Crippen molar-refractivity contribution < 1.29 is 18.3 Å². The summed E-state index contributed by atoms with van der Waals surface area (Å²) in [4.78, 5) is 11.7. The second-order valence-corrected chi connectivity index (χ2v) is 5.08. The first-order valence-electron chi connectivity index (χ1n) is 6.82. The van der Waals surface area contributed by atoms with E-state index in [-0.39, 0.29) is 13.0 Å². The zero-order valence-electron chi connectivity index (χ0n) is 12.3. The number of hydrogen-bond donors (Lipinski definition) is 2. The molecule has 0 atom stereocenters. The van der Waals surface area contributed by atoms with E-state index in [0.717, 1.165) is 12.1 Å². The highest BCUT2D eigenvalue weighted by molar-refractivity contribution is 6.32. The van der Waals surface area contributed by atoms with Gasteiger partial charge in [-0.15, -0.1) is 0 Å². The van der Waals surface area contributed by atoms with Gasteiger partial charge in [0.15, 0.2) is 0 Å². The van der Waals surface area contributed by atoms with E-state index in [9.17, 15) is 13.6 Å². The van der Waals surface area contributed by atoms with Gasteiger partial charge in [0, 0.05) is 18.7 Å². The molecule has 0 aliphatic heterocycles. The number of ether oxygens (including phenoxy) is 1. The second-order valence-electron chi connectivity index (χ2n) is 4.67. The molecule has 0 saturated heterocycles. The number of methoxy groups -OCH3 is 1. The molecule has 2 aromatic carbocycles. The van der Waals surface area contributed by atoms with Crippen molar-refractivity contribution >= 4 is 28.9 Å². The first-order chi connectivity index (χ1) is 11.0. The summed E-state index contributed by atoms with van der Waals surface area (Å²) < 4.78 is 31.9. The van der Waals surface area contributed by atoms with E-state index in [2.05, 4.69) is 10.6 Å². The van der Waals surface area contributed by atoms with Gasteiger partial charge in [-0.2, -0.15) is 0 Å². The number of carbonyl (C=O) groups excluding carboxylic acids is 1. The van der Waals surface area contributed by atoms with Gasteiger partial charge in [0.2, 0.25) is 5.91 Å². The summed E-state index contributed by atoms with van der Waals surface area (Å²) in [5.41, 5.74) is 0.269. The number of nitrogens with one attached hydrogen (secondary N) is 2. The topological polar surface area (TPSA) is 50.4 Å². The Labute approximate surface area is 137 Å². The molecule has 0 unspecified atom stereocenters. The van der Waals surface area contributed by atoms with Crippen molar-refractivity contribution in [1.29, 1.82) is 0 Å². The van der Waals surface area contributed by atoms with Crippen molar-refractivity contribution in [2.45, 2.75) is 6.42 Å². The third kappa shape index (κ3) is 4.56. The average Bonchev–Trinajstić information content (AvgIpc) is 2.51. The van der Waals surface area contributed by atoms with Crippen LogP contribution in [0.25, 0.3) is 0 Å². The first kappa shape index (κ1) is 17.0. The summed E-state index contributed by atoms with van der Waals surface area (Å²) in [6.07, 6.45) is 0.0391. The van der Waals surface area contributed by atoms with Crippen molar-refractivity contribution in [2.75, 3.05) is 24.3 Å². The number of hydrogen-bond acceptors (Lipinski definition) is 3. The standard InChI is InChI=1S/C16H15ClF2N2O2/c1-23-14-6-5-10(9-11(14)17)20-8-7-15(22)21-16-12(18)3-2-4-13(16)19/h2-6,9,20H,7-8H2,1H3,(H,21,22). The molecule has 0 spiro atoms. The molecule has 2 rings (SSSR count). The minimum atomic E-state index is -0.812. The maximum absolute atomic E-state index is 13.4. The molecule has 0 radical (unpaired) electrons. The van der Waals surface area contributed by atoms with Crippen LogP contribution >= 0.6 is 11.6 Å². The molecule has 0 saturated carbocycles. The van der Waals surface area contributed by atoms with Gasteiger partial charge in [-0.25, -0.2) is 8.78 Å². The molecular weight excluding hydrogens is 326 g/mol. The zero-order chi connectivity index (χ0) is 16.8. The number of halogens is 3. The predicted molar refractivity (Wildman–Crippen MR) is 86.1 cm³/mol. The van der Waals surface area contributed by atoms with E-state index in [4.69, 9.17) is 16.3 Å². The molecular formula is C16H15ClF2N2O2. The second kappa shape index (κ2) is 7.78. The van der Waals surface area contributed by atoms with Crippen molar-refractivity contribution in [3.8, 4) is 5.75 Å². The molecule has 122 valence electrons.